The van der Waals surface area contributed by atoms with E-state index in [4.69, 9.17) is 10.5 Å². The maximum atomic E-state index is 13.1. The summed E-state index contributed by atoms with van der Waals surface area (Å²) in [6, 6.07) is 1.97. The molecule has 0 aliphatic carbocycles. The van der Waals surface area contributed by atoms with Gasteiger partial charge in [0, 0.05) is 25.7 Å². The zero-order valence-electron chi connectivity index (χ0n) is 11.4. The van der Waals surface area contributed by atoms with Crippen LogP contribution in [0, 0.1) is 5.82 Å². The lowest BCUT2D eigenvalue weighted by Crippen LogP contribution is -2.35. The molecule has 0 spiro atoms. The number of rotatable bonds is 5. The van der Waals surface area contributed by atoms with Gasteiger partial charge in [-0.15, -0.1) is 0 Å². The molecular formula is C14H18F4N2O. The Morgan fingerprint density at radius 1 is 1.38 bits per heavy atom. The van der Waals surface area contributed by atoms with E-state index in [0.717, 1.165) is 25.0 Å². The summed E-state index contributed by atoms with van der Waals surface area (Å²) < 4.78 is 57.5. The van der Waals surface area contributed by atoms with Gasteiger partial charge < -0.3 is 15.8 Å². The largest absolute Gasteiger partial charge is 0.416 e. The van der Waals surface area contributed by atoms with E-state index in [0.29, 0.717) is 19.2 Å². The highest BCUT2D eigenvalue weighted by molar-refractivity contribution is 5.33. The van der Waals surface area contributed by atoms with Crippen LogP contribution in [0.2, 0.25) is 0 Å². The average molecular weight is 306 g/mol. The Morgan fingerprint density at radius 3 is 2.71 bits per heavy atom. The van der Waals surface area contributed by atoms with E-state index in [9.17, 15) is 17.6 Å². The van der Waals surface area contributed by atoms with Gasteiger partial charge in [0.05, 0.1) is 11.7 Å². The lowest BCUT2D eigenvalue weighted by Gasteiger charge is -2.23. The Bertz CT molecular complexity index is 473. The number of nitrogens with one attached hydrogen (secondary N) is 1. The van der Waals surface area contributed by atoms with Crippen molar-refractivity contribution in [2.45, 2.75) is 31.2 Å². The molecule has 1 aromatic rings. The zero-order chi connectivity index (χ0) is 15.5. The Labute approximate surface area is 120 Å². The Balaban J connectivity index is 2.16. The number of hydrogen-bond donors (Lipinski definition) is 2. The standard InChI is InChI=1S/C14H18F4N2O/c15-9-3-4-11(12(6-9)14(16,17)18)13(7-19)20-8-10-2-1-5-21-10/h3-4,6,10,13,20H,1-2,5,7-8,19H2. The topological polar surface area (TPSA) is 47.3 Å². The minimum Gasteiger partial charge on any atom is -0.377 e. The Kier molecular flexibility index (Phi) is 5.18. The molecule has 1 fully saturated rings. The van der Waals surface area contributed by atoms with Crippen molar-refractivity contribution in [2.24, 2.45) is 5.73 Å². The smallest absolute Gasteiger partial charge is 0.377 e. The van der Waals surface area contributed by atoms with Crippen LogP contribution < -0.4 is 11.1 Å². The maximum absolute atomic E-state index is 13.1. The second-order valence-corrected chi connectivity index (χ2v) is 5.06. The van der Waals surface area contributed by atoms with E-state index in [1.807, 2.05) is 0 Å². The van der Waals surface area contributed by atoms with E-state index in [1.54, 1.807) is 0 Å². The highest BCUT2D eigenvalue weighted by Crippen LogP contribution is 2.35. The van der Waals surface area contributed by atoms with Crippen LogP contribution >= 0.6 is 0 Å². The van der Waals surface area contributed by atoms with Crippen LogP contribution in [-0.2, 0) is 10.9 Å². The maximum Gasteiger partial charge on any atom is 0.416 e. The van der Waals surface area contributed by atoms with Gasteiger partial charge in [0.1, 0.15) is 5.82 Å². The second kappa shape index (κ2) is 6.72. The number of benzene rings is 1. The van der Waals surface area contributed by atoms with Gasteiger partial charge in [0.25, 0.3) is 0 Å². The molecule has 0 bridgehead atoms. The lowest BCUT2D eigenvalue weighted by molar-refractivity contribution is -0.138. The molecule has 3 N–H and O–H groups in total. The van der Waals surface area contributed by atoms with E-state index < -0.39 is 23.6 Å². The molecule has 0 amide bonds. The van der Waals surface area contributed by atoms with Gasteiger partial charge in [-0.2, -0.15) is 13.2 Å². The molecule has 0 radical (unpaired) electrons. The predicted octanol–water partition coefficient (Wildman–Crippen LogP) is 2.61. The van der Waals surface area contributed by atoms with Crippen molar-refractivity contribution in [3.8, 4) is 0 Å². The molecule has 1 aliphatic rings. The van der Waals surface area contributed by atoms with Crippen LogP contribution in [0.3, 0.4) is 0 Å². The van der Waals surface area contributed by atoms with Gasteiger partial charge in [0.15, 0.2) is 0 Å². The highest BCUT2D eigenvalue weighted by Gasteiger charge is 2.35. The molecule has 1 aromatic carbocycles. The minimum absolute atomic E-state index is 0.00571. The fraction of sp³-hybridized carbons (Fsp3) is 0.571. The first-order valence-corrected chi connectivity index (χ1v) is 6.83. The number of ether oxygens (including phenoxy) is 1. The van der Waals surface area contributed by atoms with Crippen LogP contribution in [0.25, 0.3) is 0 Å². The van der Waals surface area contributed by atoms with Crippen molar-refractivity contribution in [1.29, 1.82) is 0 Å². The van der Waals surface area contributed by atoms with Crippen LogP contribution in [0.4, 0.5) is 17.6 Å². The molecule has 1 aliphatic heterocycles. The first-order valence-electron chi connectivity index (χ1n) is 6.83. The van der Waals surface area contributed by atoms with Crippen LogP contribution in [0.15, 0.2) is 18.2 Å². The number of alkyl halides is 3. The second-order valence-electron chi connectivity index (χ2n) is 5.06. The van der Waals surface area contributed by atoms with Gasteiger partial charge in [-0.05, 0) is 30.5 Å². The van der Waals surface area contributed by atoms with E-state index >= 15 is 0 Å². The summed E-state index contributed by atoms with van der Waals surface area (Å²) in [6.07, 6.45) is -2.80. The van der Waals surface area contributed by atoms with E-state index in [2.05, 4.69) is 5.32 Å². The van der Waals surface area contributed by atoms with Crippen molar-refractivity contribution in [3.63, 3.8) is 0 Å². The fourth-order valence-corrected chi connectivity index (χ4v) is 2.48. The van der Waals surface area contributed by atoms with Crippen molar-refractivity contribution in [3.05, 3.63) is 35.1 Å². The number of halogens is 4. The molecule has 2 atom stereocenters. The predicted molar refractivity (Wildman–Crippen MR) is 70.2 cm³/mol. The van der Waals surface area contributed by atoms with E-state index in [-0.39, 0.29) is 18.2 Å². The van der Waals surface area contributed by atoms with Gasteiger partial charge in [-0.1, -0.05) is 6.07 Å². The quantitative estimate of drug-likeness (QED) is 0.822. The summed E-state index contributed by atoms with van der Waals surface area (Å²) in [5, 5.41) is 2.99. The summed E-state index contributed by atoms with van der Waals surface area (Å²) in [7, 11) is 0. The zero-order valence-corrected chi connectivity index (χ0v) is 11.4. The molecule has 0 saturated carbocycles. The number of nitrogens with two attached hydrogens (primary N) is 1. The van der Waals surface area contributed by atoms with Gasteiger partial charge in [-0.3, -0.25) is 0 Å². The van der Waals surface area contributed by atoms with Crippen molar-refractivity contribution in [1.82, 2.24) is 5.32 Å². The molecule has 118 valence electrons. The van der Waals surface area contributed by atoms with Crippen molar-refractivity contribution < 1.29 is 22.3 Å². The molecule has 2 rings (SSSR count). The fourth-order valence-electron chi connectivity index (χ4n) is 2.48. The lowest BCUT2D eigenvalue weighted by atomic mass is 9.99. The molecule has 7 heteroatoms. The third-order valence-corrected chi connectivity index (χ3v) is 3.55. The third-order valence-electron chi connectivity index (χ3n) is 3.55. The molecular weight excluding hydrogens is 288 g/mol. The average Bonchev–Trinajstić information content (AvgIpc) is 2.93. The van der Waals surface area contributed by atoms with Gasteiger partial charge in [-0.25, -0.2) is 4.39 Å². The van der Waals surface area contributed by atoms with Crippen LogP contribution in [0.5, 0.6) is 0 Å². The Hall–Kier alpha value is -1.18. The SMILES string of the molecule is NCC(NCC1CCCO1)c1ccc(F)cc1C(F)(F)F. The highest BCUT2D eigenvalue weighted by atomic mass is 19.4. The monoisotopic (exact) mass is 306 g/mol. The summed E-state index contributed by atoms with van der Waals surface area (Å²) in [4.78, 5) is 0. The van der Waals surface area contributed by atoms with Gasteiger partial charge in [0.2, 0.25) is 0 Å². The van der Waals surface area contributed by atoms with Crippen molar-refractivity contribution in [2.75, 3.05) is 19.7 Å². The molecule has 2 unspecified atom stereocenters. The normalized spacial score (nSPS) is 20.7. The molecule has 21 heavy (non-hydrogen) atoms. The van der Waals surface area contributed by atoms with Crippen LogP contribution in [-0.4, -0.2) is 25.8 Å². The molecule has 1 saturated heterocycles. The molecule has 1 heterocycles. The molecule has 3 nitrogen and oxygen atoms in total. The summed E-state index contributed by atoms with van der Waals surface area (Å²) in [5.41, 5.74) is 4.55. The van der Waals surface area contributed by atoms with Crippen LogP contribution in [0.1, 0.15) is 30.0 Å². The van der Waals surface area contributed by atoms with E-state index in [1.165, 1.54) is 0 Å². The molecule has 0 aromatic heterocycles. The Morgan fingerprint density at radius 2 is 2.14 bits per heavy atom. The minimum atomic E-state index is -4.61. The van der Waals surface area contributed by atoms with Crippen molar-refractivity contribution >= 4 is 0 Å². The summed E-state index contributed by atoms with van der Waals surface area (Å²) in [5.74, 6) is -0.916. The van der Waals surface area contributed by atoms with Gasteiger partial charge >= 0.3 is 6.18 Å². The first-order chi connectivity index (χ1) is 9.91. The number of hydrogen-bond acceptors (Lipinski definition) is 3. The summed E-state index contributed by atoms with van der Waals surface area (Å²) >= 11 is 0. The third kappa shape index (κ3) is 4.15. The summed E-state index contributed by atoms with van der Waals surface area (Å²) in [6.45, 7) is 1.09. The first kappa shape index (κ1) is 16.2.